The molecule has 0 atom stereocenters. The molecule has 1 N–H and O–H groups in total. The smallest absolute Gasteiger partial charge is 0.331 e. The molecule has 0 bridgehead atoms. The van der Waals surface area contributed by atoms with Gasteiger partial charge in [-0.2, -0.15) is 0 Å². The van der Waals surface area contributed by atoms with E-state index in [0.29, 0.717) is 53.0 Å². The molecular weight excluding hydrogens is 448 g/mol. The van der Waals surface area contributed by atoms with Gasteiger partial charge in [-0.1, -0.05) is 23.7 Å². The largest absolute Gasteiger partial charge is 0.491 e. The number of esters is 1. The molecule has 3 rings (SSSR count). The Balaban J connectivity index is 1.58. The first-order valence-electron chi connectivity index (χ1n) is 10.5. The third kappa shape index (κ3) is 6.26. The van der Waals surface area contributed by atoms with Gasteiger partial charge in [-0.25, -0.2) is 4.79 Å². The van der Waals surface area contributed by atoms with Crippen LogP contribution in [0.5, 0.6) is 11.5 Å². The molecule has 33 heavy (non-hydrogen) atoms. The summed E-state index contributed by atoms with van der Waals surface area (Å²) in [7, 11) is 1.49. The van der Waals surface area contributed by atoms with Gasteiger partial charge in [0, 0.05) is 19.0 Å². The zero-order valence-electron chi connectivity index (χ0n) is 18.4. The summed E-state index contributed by atoms with van der Waals surface area (Å²) < 4.78 is 15.8. The SMILES string of the molecule is CCOc1cc(/C=C/C(=O)OCC(=O)Nc2ccccc2N2CCCC2=O)cc(Cl)c1OC. The van der Waals surface area contributed by atoms with Gasteiger partial charge in [0.1, 0.15) is 0 Å². The van der Waals surface area contributed by atoms with E-state index in [4.69, 9.17) is 25.8 Å². The van der Waals surface area contributed by atoms with Crippen LogP contribution in [0.15, 0.2) is 42.5 Å². The molecule has 8 nitrogen and oxygen atoms in total. The number of para-hydroxylation sites is 2. The van der Waals surface area contributed by atoms with Crippen molar-refractivity contribution in [2.75, 3.05) is 37.1 Å². The van der Waals surface area contributed by atoms with Gasteiger partial charge in [-0.15, -0.1) is 0 Å². The lowest BCUT2D eigenvalue weighted by Crippen LogP contribution is -2.26. The fourth-order valence-corrected chi connectivity index (χ4v) is 3.69. The van der Waals surface area contributed by atoms with E-state index in [1.165, 1.54) is 19.3 Å². The summed E-state index contributed by atoms with van der Waals surface area (Å²) in [4.78, 5) is 38.1. The number of rotatable bonds is 9. The van der Waals surface area contributed by atoms with E-state index >= 15 is 0 Å². The van der Waals surface area contributed by atoms with Crippen LogP contribution in [-0.2, 0) is 19.1 Å². The van der Waals surface area contributed by atoms with Crippen LogP contribution >= 0.6 is 11.6 Å². The standard InChI is InChI=1S/C24H25ClN2O6/c1-3-32-20-14-16(13-17(25)24(20)31-2)10-11-23(30)33-15-21(28)26-18-7-4-5-8-19(18)27-12-6-9-22(27)29/h4-5,7-8,10-11,13-14H,3,6,9,12,15H2,1-2H3,(H,26,28)/b11-10+. The van der Waals surface area contributed by atoms with Crippen LogP contribution in [-0.4, -0.2) is 44.7 Å². The van der Waals surface area contributed by atoms with Crippen LogP contribution in [0.25, 0.3) is 6.08 Å². The molecule has 0 aliphatic carbocycles. The van der Waals surface area contributed by atoms with E-state index in [1.54, 1.807) is 41.3 Å². The van der Waals surface area contributed by atoms with Crippen LogP contribution < -0.4 is 19.7 Å². The molecule has 1 aliphatic rings. The minimum atomic E-state index is -0.696. The third-order valence-electron chi connectivity index (χ3n) is 4.84. The molecule has 0 radical (unpaired) electrons. The second-order valence-electron chi connectivity index (χ2n) is 7.12. The molecule has 174 valence electrons. The van der Waals surface area contributed by atoms with Crippen molar-refractivity contribution >= 4 is 46.8 Å². The highest BCUT2D eigenvalue weighted by molar-refractivity contribution is 6.32. The van der Waals surface area contributed by atoms with Crippen LogP contribution in [0.3, 0.4) is 0 Å². The van der Waals surface area contributed by atoms with Crippen molar-refractivity contribution in [2.24, 2.45) is 0 Å². The highest BCUT2D eigenvalue weighted by Crippen LogP contribution is 2.36. The fourth-order valence-electron chi connectivity index (χ4n) is 3.40. The number of amides is 2. The third-order valence-corrected chi connectivity index (χ3v) is 5.12. The second-order valence-corrected chi connectivity index (χ2v) is 7.53. The van der Waals surface area contributed by atoms with E-state index in [9.17, 15) is 14.4 Å². The topological polar surface area (TPSA) is 94.2 Å². The number of carbonyl (C=O) groups excluding carboxylic acids is 3. The second kappa shape index (κ2) is 11.4. The summed E-state index contributed by atoms with van der Waals surface area (Å²) in [5.74, 6) is -0.333. The summed E-state index contributed by atoms with van der Waals surface area (Å²) in [6.07, 6.45) is 3.95. The van der Waals surface area contributed by atoms with E-state index in [0.717, 1.165) is 6.42 Å². The van der Waals surface area contributed by atoms with E-state index < -0.39 is 18.5 Å². The minimum Gasteiger partial charge on any atom is -0.491 e. The zero-order valence-corrected chi connectivity index (χ0v) is 19.2. The maximum absolute atomic E-state index is 12.3. The lowest BCUT2D eigenvalue weighted by molar-refractivity contribution is -0.142. The van der Waals surface area contributed by atoms with E-state index in [-0.39, 0.29) is 5.91 Å². The molecule has 1 heterocycles. The van der Waals surface area contributed by atoms with Crippen molar-refractivity contribution in [3.05, 3.63) is 53.1 Å². The van der Waals surface area contributed by atoms with Crippen LogP contribution in [0.2, 0.25) is 5.02 Å². The molecule has 0 unspecified atom stereocenters. The first-order valence-corrected chi connectivity index (χ1v) is 10.8. The quantitative estimate of drug-likeness (QED) is 0.436. The van der Waals surface area contributed by atoms with Crippen molar-refractivity contribution in [2.45, 2.75) is 19.8 Å². The molecule has 2 aromatic carbocycles. The lowest BCUT2D eigenvalue weighted by Gasteiger charge is -2.19. The number of nitrogens with zero attached hydrogens (tertiary/aromatic N) is 1. The Morgan fingerprint density at radius 2 is 2.03 bits per heavy atom. The molecule has 2 aromatic rings. The molecule has 2 amide bonds. The molecule has 0 aromatic heterocycles. The minimum absolute atomic E-state index is 0.0133. The Labute approximate surface area is 197 Å². The average molecular weight is 473 g/mol. The van der Waals surface area contributed by atoms with Gasteiger partial charge in [0.2, 0.25) is 5.91 Å². The first kappa shape index (κ1) is 24.1. The van der Waals surface area contributed by atoms with Gasteiger partial charge in [-0.3, -0.25) is 9.59 Å². The van der Waals surface area contributed by atoms with Crippen molar-refractivity contribution < 1.29 is 28.6 Å². The van der Waals surface area contributed by atoms with Gasteiger partial charge in [0.15, 0.2) is 18.1 Å². The number of ether oxygens (including phenoxy) is 3. The van der Waals surface area contributed by atoms with E-state index in [2.05, 4.69) is 5.32 Å². The lowest BCUT2D eigenvalue weighted by atomic mass is 10.2. The van der Waals surface area contributed by atoms with Crippen molar-refractivity contribution in [1.82, 2.24) is 0 Å². The number of methoxy groups -OCH3 is 1. The van der Waals surface area contributed by atoms with Gasteiger partial charge in [0.25, 0.3) is 5.91 Å². The number of nitrogens with one attached hydrogen (secondary N) is 1. The molecule has 9 heteroatoms. The van der Waals surface area contributed by atoms with Gasteiger partial charge in [0.05, 0.1) is 30.1 Å². The van der Waals surface area contributed by atoms with Crippen LogP contribution in [0, 0.1) is 0 Å². The monoisotopic (exact) mass is 472 g/mol. The molecule has 1 saturated heterocycles. The highest BCUT2D eigenvalue weighted by Gasteiger charge is 2.24. The van der Waals surface area contributed by atoms with Crippen molar-refractivity contribution in [1.29, 1.82) is 0 Å². The maximum atomic E-state index is 12.3. The number of hydrogen-bond donors (Lipinski definition) is 1. The number of anilines is 2. The highest BCUT2D eigenvalue weighted by atomic mass is 35.5. The molecule has 1 fully saturated rings. The van der Waals surface area contributed by atoms with Gasteiger partial charge >= 0.3 is 5.97 Å². The molecule has 0 saturated carbocycles. The Bertz CT molecular complexity index is 1070. The van der Waals surface area contributed by atoms with E-state index in [1.807, 2.05) is 6.92 Å². The number of hydrogen-bond acceptors (Lipinski definition) is 6. The zero-order chi connectivity index (χ0) is 23.8. The number of benzene rings is 2. The normalized spacial score (nSPS) is 13.3. The summed E-state index contributed by atoms with van der Waals surface area (Å²) in [6, 6.07) is 10.3. The Morgan fingerprint density at radius 3 is 2.73 bits per heavy atom. The Morgan fingerprint density at radius 1 is 1.24 bits per heavy atom. The molecule has 1 aliphatic heterocycles. The molecule has 0 spiro atoms. The van der Waals surface area contributed by atoms with Gasteiger partial charge in [-0.05, 0) is 49.2 Å². The molecular formula is C24H25ClN2O6. The van der Waals surface area contributed by atoms with Crippen molar-refractivity contribution in [3.8, 4) is 11.5 Å². The number of carbonyl (C=O) groups is 3. The van der Waals surface area contributed by atoms with Crippen LogP contribution in [0.1, 0.15) is 25.3 Å². The van der Waals surface area contributed by atoms with Crippen molar-refractivity contribution in [3.63, 3.8) is 0 Å². The average Bonchev–Trinajstić information content (AvgIpc) is 3.22. The predicted molar refractivity (Wildman–Crippen MR) is 126 cm³/mol. The summed E-state index contributed by atoms with van der Waals surface area (Å²) in [5.41, 5.74) is 1.72. The summed E-state index contributed by atoms with van der Waals surface area (Å²) in [6.45, 7) is 2.39. The summed E-state index contributed by atoms with van der Waals surface area (Å²) >= 11 is 6.20. The predicted octanol–water partition coefficient (Wildman–Crippen LogP) is 4.07. The number of halogens is 1. The Hall–Kier alpha value is -3.52. The Kier molecular flexibility index (Phi) is 8.32. The first-order chi connectivity index (χ1) is 15.9. The summed E-state index contributed by atoms with van der Waals surface area (Å²) in [5, 5.41) is 3.04. The van der Waals surface area contributed by atoms with Crippen LogP contribution in [0.4, 0.5) is 11.4 Å². The maximum Gasteiger partial charge on any atom is 0.331 e. The fraction of sp³-hybridized carbons (Fsp3) is 0.292. The van der Waals surface area contributed by atoms with Gasteiger partial charge < -0.3 is 24.4 Å².